The lowest BCUT2D eigenvalue weighted by atomic mass is 10.0. The minimum Gasteiger partial charge on any atom is -0.497 e. The van der Waals surface area contributed by atoms with Crippen molar-refractivity contribution < 1.29 is 4.74 Å². The molecule has 1 aromatic carbocycles. The fourth-order valence-electron chi connectivity index (χ4n) is 2.48. The van der Waals surface area contributed by atoms with Gasteiger partial charge < -0.3 is 10.5 Å². The predicted molar refractivity (Wildman–Crippen MR) is 87.3 cm³/mol. The normalized spacial score (nSPS) is 12.3. The van der Waals surface area contributed by atoms with E-state index < -0.39 is 0 Å². The van der Waals surface area contributed by atoms with E-state index in [1.807, 2.05) is 12.1 Å². The summed E-state index contributed by atoms with van der Waals surface area (Å²) in [5.74, 6) is 0.921. The van der Waals surface area contributed by atoms with Gasteiger partial charge in [0.05, 0.1) is 7.11 Å². The van der Waals surface area contributed by atoms with Crippen LogP contribution in [0.25, 0.3) is 0 Å². The van der Waals surface area contributed by atoms with Crippen molar-refractivity contribution in [1.29, 1.82) is 0 Å². The number of rotatable bonds is 11. The zero-order valence-corrected chi connectivity index (χ0v) is 13.2. The van der Waals surface area contributed by atoms with Crippen LogP contribution in [0.1, 0.15) is 63.9 Å². The summed E-state index contributed by atoms with van der Waals surface area (Å²) >= 11 is 0. The lowest BCUT2D eigenvalue weighted by molar-refractivity contribution is 0.414. The molecule has 1 unspecified atom stereocenters. The second-order valence-electron chi connectivity index (χ2n) is 5.70. The largest absolute Gasteiger partial charge is 0.497 e. The predicted octanol–water partition coefficient (Wildman–Crippen LogP) is 4.71. The van der Waals surface area contributed by atoms with E-state index in [-0.39, 0.29) is 0 Å². The molecule has 0 amide bonds. The number of aryl methyl sites for hydroxylation is 1. The molecule has 0 bridgehead atoms. The monoisotopic (exact) mass is 277 g/mol. The summed E-state index contributed by atoms with van der Waals surface area (Å²) < 4.78 is 5.16. The van der Waals surface area contributed by atoms with Gasteiger partial charge in [0.25, 0.3) is 0 Å². The van der Waals surface area contributed by atoms with Crippen molar-refractivity contribution in [2.45, 2.75) is 70.8 Å². The Kier molecular flexibility index (Phi) is 9.14. The number of benzene rings is 1. The fraction of sp³-hybridized carbons (Fsp3) is 0.667. The molecule has 0 saturated carbocycles. The molecule has 1 rings (SSSR count). The van der Waals surface area contributed by atoms with Crippen LogP contribution in [0.3, 0.4) is 0 Å². The van der Waals surface area contributed by atoms with E-state index in [0.29, 0.717) is 6.04 Å². The van der Waals surface area contributed by atoms with E-state index in [1.165, 1.54) is 50.5 Å². The van der Waals surface area contributed by atoms with Crippen LogP contribution in [0.15, 0.2) is 24.3 Å². The fourth-order valence-corrected chi connectivity index (χ4v) is 2.48. The van der Waals surface area contributed by atoms with Crippen molar-refractivity contribution in [3.05, 3.63) is 29.8 Å². The van der Waals surface area contributed by atoms with Crippen LogP contribution in [0.2, 0.25) is 0 Å². The molecule has 0 heterocycles. The minimum atomic E-state index is 0.350. The van der Waals surface area contributed by atoms with Gasteiger partial charge in [-0.15, -0.1) is 0 Å². The summed E-state index contributed by atoms with van der Waals surface area (Å²) in [6.07, 6.45) is 11.4. The summed E-state index contributed by atoms with van der Waals surface area (Å²) in [4.78, 5) is 0. The zero-order chi connectivity index (χ0) is 14.6. The summed E-state index contributed by atoms with van der Waals surface area (Å²) in [6, 6.07) is 8.67. The summed E-state index contributed by atoms with van der Waals surface area (Å²) in [7, 11) is 1.70. The van der Waals surface area contributed by atoms with Crippen molar-refractivity contribution in [3.63, 3.8) is 0 Å². The van der Waals surface area contributed by atoms with Crippen LogP contribution in [0, 0.1) is 0 Å². The average molecular weight is 277 g/mol. The van der Waals surface area contributed by atoms with Crippen molar-refractivity contribution >= 4 is 0 Å². The first-order valence-corrected chi connectivity index (χ1v) is 8.14. The topological polar surface area (TPSA) is 35.2 Å². The third-order valence-corrected chi connectivity index (χ3v) is 3.89. The van der Waals surface area contributed by atoms with Crippen molar-refractivity contribution in [1.82, 2.24) is 0 Å². The Morgan fingerprint density at radius 2 is 1.60 bits per heavy atom. The van der Waals surface area contributed by atoms with Gasteiger partial charge in [-0.2, -0.15) is 0 Å². The quantitative estimate of drug-likeness (QED) is 0.595. The maximum Gasteiger partial charge on any atom is 0.118 e. The minimum absolute atomic E-state index is 0.350. The van der Waals surface area contributed by atoms with Crippen LogP contribution >= 0.6 is 0 Å². The summed E-state index contributed by atoms with van der Waals surface area (Å²) in [5, 5.41) is 0. The van der Waals surface area contributed by atoms with Crippen LogP contribution < -0.4 is 10.5 Å². The number of nitrogens with two attached hydrogens (primary N) is 1. The van der Waals surface area contributed by atoms with E-state index in [1.54, 1.807) is 7.11 Å². The van der Waals surface area contributed by atoms with Crippen LogP contribution in [-0.4, -0.2) is 13.2 Å². The summed E-state index contributed by atoms with van der Waals surface area (Å²) in [6.45, 7) is 2.26. The van der Waals surface area contributed by atoms with Crippen molar-refractivity contribution in [2.75, 3.05) is 7.11 Å². The Hall–Kier alpha value is -1.02. The van der Waals surface area contributed by atoms with Gasteiger partial charge in [0.1, 0.15) is 5.75 Å². The molecular weight excluding hydrogens is 246 g/mol. The van der Waals surface area contributed by atoms with Crippen LogP contribution in [-0.2, 0) is 6.42 Å². The molecule has 1 aromatic rings. The first-order valence-electron chi connectivity index (χ1n) is 8.14. The second kappa shape index (κ2) is 10.7. The van der Waals surface area contributed by atoms with Gasteiger partial charge in [0.2, 0.25) is 0 Å². The number of unbranched alkanes of at least 4 members (excludes halogenated alkanes) is 5. The van der Waals surface area contributed by atoms with Gasteiger partial charge in [-0.3, -0.25) is 0 Å². The second-order valence-corrected chi connectivity index (χ2v) is 5.70. The molecule has 2 heteroatoms. The van der Waals surface area contributed by atoms with E-state index in [0.717, 1.165) is 18.6 Å². The number of ether oxygens (including phenoxy) is 1. The molecule has 0 aliphatic carbocycles. The highest BCUT2D eigenvalue weighted by atomic mass is 16.5. The van der Waals surface area contributed by atoms with Crippen molar-refractivity contribution in [2.24, 2.45) is 5.73 Å². The molecule has 0 saturated heterocycles. The van der Waals surface area contributed by atoms with Gasteiger partial charge in [0.15, 0.2) is 0 Å². The molecule has 1 atom stereocenters. The van der Waals surface area contributed by atoms with Gasteiger partial charge in [-0.05, 0) is 37.0 Å². The Bertz CT molecular complexity index is 334. The molecule has 0 fully saturated rings. The van der Waals surface area contributed by atoms with E-state index in [9.17, 15) is 0 Å². The smallest absolute Gasteiger partial charge is 0.118 e. The maximum atomic E-state index is 6.19. The number of hydrogen-bond donors (Lipinski definition) is 1. The first-order chi connectivity index (χ1) is 9.76. The van der Waals surface area contributed by atoms with Crippen LogP contribution in [0.5, 0.6) is 5.75 Å². The average Bonchev–Trinajstić information content (AvgIpc) is 2.49. The SMILES string of the molecule is CCCCCCCCC(N)CCc1ccc(OC)cc1. The Morgan fingerprint density at radius 3 is 2.25 bits per heavy atom. The molecule has 0 radical (unpaired) electrons. The van der Waals surface area contributed by atoms with Gasteiger partial charge in [-0.1, -0.05) is 57.6 Å². The van der Waals surface area contributed by atoms with Crippen LogP contribution in [0.4, 0.5) is 0 Å². The van der Waals surface area contributed by atoms with E-state index >= 15 is 0 Å². The third kappa shape index (κ3) is 7.54. The lowest BCUT2D eigenvalue weighted by Crippen LogP contribution is -2.20. The standard InChI is InChI=1S/C18H31NO/c1-3-4-5-6-7-8-9-17(19)13-10-16-11-14-18(20-2)15-12-16/h11-12,14-15,17H,3-10,13,19H2,1-2H3. The third-order valence-electron chi connectivity index (χ3n) is 3.89. The molecule has 114 valence electrons. The Balaban J connectivity index is 2.08. The van der Waals surface area contributed by atoms with E-state index in [2.05, 4.69) is 19.1 Å². The highest BCUT2D eigenvalue weighted by Crippen LogP contribution is 2.14. The molecule has 0 spiro atoms. The van der Waals surface area contributed by atoms with Gasteiger partial charge in [-0.25, -0.2) is 0 Å². The van der Waals surface area contributed by atoms with Gasteiger partial charge in [0, 0.05) is 6.04 Å². The van der Waals surface area contributed by atoms with Crippen molar-refractivity contribution in [3.8, 4) is 5.75 Å². The van der Waals surface area contributed by atoms with Gasteiger partial charge >= 0.3 is 0 Å². The first kappa shape index (κ1) is 17.0. The number of methoxy groups -OCH3 is 1. The molecule has 0 aromatic heterocycles. The molecule has 0 aliphatic rings. The molecule has 0 aliphatic heterocycles. The highest BCUT2D eigenvalue weighted by molar-refractivity contribution is 5.27. The molecule has 2 nitrogen and oxygen atoms in total. The number of hydrogen-bond acceptors (Lipinski definition) is 2. The highest BCUT2D eigenvalue weighted by Gasteiger charge is 2.03. The maximum absolute atomic E-state index is 6.19. The Morgan fingerprint density at radius 1 is 0.950 bits per heavy atom. The molecule has 20 heavy (non-hydrogen) atoms. The molecular formula is C18H31NO. The molecule has 2 N–H and O–H groups in total. The Labute approximate surface area is 124 Å². The van der Waals surface area contributed by atoms with E-state index in [4.69, 9.17) is 10.5 Å². The zero-order valence-electron chi connectivity index (χ0n) is 13.2. The summed E-state index contributed by atoms with van der Waals surface area (Å²) in [5.41, 5.74) is 7.54. The lowest BCUT2D eigenvalue weighted by Gasteiger charge is -2.11.